The van der Waals surface area contributed by atoms with E-state index < -0.39 is 5.60 Å². The van der Waals surface area contributed by atoms with Crippen molar-refractivity contribution in [1.82, 2.24) is 24.8 Å². The van der Waals surface area contributed by atoms with Gasteiger partial charge in [0.1, 0.15) is 17.2 Å². The maximum atomic E-state index is 10.8. The summed E-state index contributed by atoms with van der Waals surface area (Å²) in [5.41, 5.74) is 2.93. The predicted octanol–water partition coefficient (Wildman–Crippen LogP) is 4.34. The second-order valence-electron chi connectivity index (χ2n) is 9.00. The Labute approximate surface area is 171 Å². The summed E-state index contributed by atoms with van der Waals surface area (Å²) in [6.45, 7) is 6.78. The van der Waals surface area contributed by atoms with E-state index >= 15 is 0 Å². The number of hydrogen-bond donors (Lipinski definition) is 3. The van der Waals surface area contributed by atoms with Crippen LogP contribution in [0, 0.1) is 12.3 Å². The average molecular weight is 397 g/mol. The molecule has 0 radical (unpaired) electrons. The van der Waals surface area contributed by atoms with E-state index in [1.165, 1.54) is 19.3 Å². The predicted molar refractivity (Wildman–Crippen MR) is 115 cm³/mol. The van der Waals surface area contributed by atoms with Crippen LogP contribution in [0.2, 0.25) is 0 Å². The van der Waals surface area contributed by atoms with Crippen molar-refractivity contribution < 1.29 is 5.11 Å². The molecule has 1 aliphatic rings. The van der Waals surface area contributed by atoms with Crippen LogP contribution in [0.4, 0.5) is 5.82 Å². The molecule has 0 spiro atoms. The largest absolute Gasteiger partial charge is 0.390 e. The highest BCUT2D eigenvalue weighted by Gasteiger charge is 2.43. The van der Waals surface area contributed by atoms with Crippen molar-refractivity contribution in [3.05, 3.63) is 30.1 Å². The first-order valence-corrected chi connectivity index (χ1v) is 10.7. The third-order valence-electron chi connectivity index (χ3n) is 6.58. The molecule has 1 saturated carbocycles. The first-order valence-electron chi connectivity index (χ1n) is 10.7. The Bertz CT molecular complexity index is 961. The number of aromatic nitrogens is 5. The van der Waals surface area contributed by atoms with Crippen LogP contribution >= 0.6 is 0 Å². The topological polar surface area (TPSA) is 91.1 Å². The van der Waals surface area contributed by atoms with Crippen molar-refractivity contribution in [2.45, 2.75) is 71.3 Å². The SMILES string of the molecule is Cc1cc(-c2cnc3ccc(NCCCC4(C(C)(C)O)CCCCC4)nn23)n[nH]1. The first kappa shape index (κ1) is 19.9. The van der Waals surface area contributed by atoms with E-state index in [0.717, 1.165) is 60.8 Å². The number of aromatic amines is 1. The van der Waals surface area contributed by atoms with Crippen LogP contribution in [-0.4, -0.2) is 42.0 Å². The van der Waals surface area contributed by atoms with Gasteiger partial charge in [-0.1, -0.05) is 19.3 Å². The number of imidazole rings is 1. The molecule has 0 bridgehead atoms. The minimum absolute atomic E-state index is 0.0413. The number of nitrogens with zero attached hydrogens (tertiary/aromatic N) is 4. The number of rotatable bonds is 7. The van der Waals surface area contributed by atoms with Gasteiger partial charge in [-0.15, -0.1) is 5.10 Å². The van der Waals surface area contributed by atoms with Gasteiger partial charge in [-0.05, 0) is 70.1 Å². The van der Waals surface area contributed by atoms with E-state index in [1.807, 2.05) is 43.5 Å². The Kier molecular flexibility index (Phi) is 5.34. The quantitative estimate of drug-likeness (QED) is 0.517. The molecule has 0 aliphatic heterocycles. The van der Waals surface area contributed by atoms with Crippen molar-refractivity contribution in [1.29, 1.82) is 0 Å². The summed E-state index contributed by atoms with van der Waals surface area (Å²) in [7, 11) is 0. The molecule has 3 aromatic heterocycles. The van der Waals surface area contributed by atoms with Crippen LogP contribution in [0.3, 0.4) is 0 Å². The molecule has 3 heterocycles. The second-order valence-corrected chi connectivity index (χ2v) is 9.00. The molecule has 1 fully saturated rings. The lowest BCUT2D eigenvalue weighted by molar-refractivity contribution is -0.0824. The van der Waals surface area contributed by atoms with Crippen LogP contribution in [0.5, 0.6) is 0 Å². The number of aliphatic hydroxyl groups is 1. The highest BCUT2D eigenvalue weighted by atomic mass is 16.3. The Morgan fingerprint density at radius 1 is 1.24 bits per heavy atom. The Balaban J connectivity index is 1.42. The number of hydrogen-bond acceptors (Lipinski definition) is 5. The van der Waals surface area contributed by atoms with E-state index in [9.17, 15) is 5.11 Å². The highest BCUT2D eigenvalue weighted by molar-refractivity contribution is 5.60. The summed E-state index contributed by atoms with van der Waals surface area (Å²) >= 11 is 0. The van der Waals surface area contributed by atoms with Crippen molar-refractivity contribution in [2.75, 3.05) is 11.9 Å². The van der Waals surface area contributed by atoms with E-state index in [0.29, 0.717) is 0 Å². The molecule has 4 rings (SSSR count). The molecule has 3 N–H and O–H groups in total. The molecule has 0 saturated heterocycles. The van der Waals surface area contributed by atoms with E-state index in [1.54, 1.807) is 6.20 Å². The Morgan fingerprint density at radius 3 is 2.72 bits per heavy atom. The monoisotopic (exact) mass is 396 g/mol. The summed E-state index contributed by atoms with van der Waals surface area (Å²) < 4.78 is 1.83. The smallest absolute Gasteiger partial charge is 0.154 e. The van der Waals surface area contributed by atoms with Gasteiger partial charge < -0.3 is 10.4 Å². The summed E-state index contributed by atoms with van der Waals surface area (Å²) in [5, 5.41) is 26.2. The number of nitrogens with one attached hydrogen (secondary N) is 2. The second kappa shape index (κ2) is 7.78. The number of aryl methyl sites for hydroxylation is 1. The van der Waals surface area contributed by atoms with Gasteiger partial charge in [0.05, 0.1) is 11.8 Å². The zero-order valence-electron chi connectivity index (χ0n) is 17.7. The molecule has 29 heavy (non-hydrogen) atoms. The summed E-state index contributed by atoms with van der Waals surface area (Å²) in [6.07, 6.45) is 9.86. The van der Waals surface area contributed by atoms with Crippen molar-refractivity contribution >= 4 is 11.5 Å². The van der Waals surface area contributed by atoms with Crippen molar-refractivity contribution in [2.24, 2.45) is 5.41 Å². The van der Waals surface area contributed by atoms with Gasteiger partial charge in [-0.3, -0.25) is 5.10 Å². The minimum atomic E-state index is -0.627. The molecule has 1 aliphatic carbocycles. The van der Waals surface area contributed by atoms with Gasteiger partial charge in [0.15, 0.2) is 5.65 Å². The van der Waals surface area contributed by atoms with E-state index in [-0.39, 0.29) is 5.41 Å². The fourth-order valence-electron chi connectivity index (χ4n) is 4.73. The van der Waals surface area contributed by atoms with Crippen molar-refractivity contribution in [3.8, 4) is 11.4 Å². The third-order valence-corrected chi connectivity index (χ3v) is 6.58. The van der Waals surface area contributed by atoms with Gasteiger partial charge in [-0.2, -0.15) is 5.10 Å². The van der Waals surface area contributed by atoms with Crippen LogP contribution in [0.25, 0.3) is 17.0 Å². The van der Waals surface area contributed by atoms with Crippen LogP contribution in [-0.2, 0) is 0 Å². The summed E-state index contributed by atoms with van der Waals surface area (Å²) in [5.74, 6) is 0.824. The molecular formula is C22H32N6O. The zero-order valence-corrected chi connectivity index (χ0v) is 17.7. The lowest BCUT2D eigenvalue weighted by Gasteiger charge is -2.46. The number of anilines is 1. The maximum absolute atomic E-state index is 10.8. The standard InChI is InChI=1S/C22H32N6O/c1-16-14-17(26-25-16)18-15-24-20-9-8-19(27-28(18)20)23-13-7-12-22(21(2,3)29)10-5-4-6-11-22/h8-9,14-15,29H,4-7,10-13H2,1-3H3,(H,23,27)(H,25,26). The molecule has 3 aromatic rings. The average Bonchev–Trinajstić information content (AvgIpc) is 3.30. The Morgan fingerprint density at radius 2 is 2.03 bits per heavy atom. The maximum Gasteiger partial charge on any atom is 0.154 e. The zero-order chi connectivity index (χ0) is 20.5. The first-order chi connectivity index (χ1) is 13.9. The van der Waals surface area contributed by atoms with Crippen LogP contribution < -0.4 is 5.32 Å². The lowest BCUT2D eigenvalue weighted by atomic mass is 9.62. The summed E-state index contributed by atoms with van der Waals surface area (Å²) in [6, 6.07) is 5.93. The van der Waals surface area contributed by atoms with Crippen LogP contribution in [0.1, 0.15) is 64.5 Å². The van der Waals surface area contributed by atoms with Gasteiger partial charge in [0.2, 0.25) is 0 Å². The molecule has 0 atom stereocenters. The van der Waals surface area contributed by atoms with E-state index in [2.05, 4.69) is 20.5 Å². The third kappa shape index (κ3) is 4.01. The van der Waals surface area contributed by atoms with Gasteiger partial charge >= 0.3 is 0 Å². The van der Waals surface area contributed by atoms with Crippen molar-refractivity contribution in [3.63, 3.8) is 0 Å². The number of fused-ring (bicyclic) bond motifs is 1. The van der Waals surface area contributed by atoms with Gasteiger partial charge in [0.25, 0.3) is 0 Å². The molecule has 0 unspecified atom stereocenters. The van der Waals surface area contributed by atoms with Gasteiger partial charge in [-0.25, -0.2) is 9.50 Å². The molecule has 7 nitrogen and oxygen atoms in total. The minimum Gasteiger partial charge on any atom is -0.390 e. The molecule has 0 aromatic carbocycles. The fraction of sp³-hybridized carbons (Fsp3) is 0.591. The molecule has 0 amide bonds. The molecular weight excluding hydrogens is 364 g/mol. The highest BCUT2D eigenvalue weighted by Crippen LogP contribution is 2.48. The lowest BCUT2D eigenvalue weighted by Crippen LogP contribution is -2.45. The van der Waals surface area contributed by atoms with E-state index in [4.69, 9.17) is 5.10 Å². The number of H-pyrrole nitrogens is 1. The Hall–Kier alpha value is -2.41. The fourth-order valence-corrected chi connectivity index (χ4v) is 4.73. The van der Waals surface area contributed by atoms with Crippen LogP contribution in [0.15, 0.2) is 24.4 Å². The van der Waals surface area contributed by atoms with Gasteiger partial charge in [0, 0.05) is 12.2 Å². The molecule has 156 valence electrons. The normalized spacial score (nSPS) is 17.0. The molecule has 7 heteroatoms. The summed E-state index contributed by atoms with van der Waals surface area (Å²) in [4.78, 5) is 4.43.